The summed E-state index contributed by atoms with van der Waals surface area (Å²) in [6.45, 7) is -0.231. The molecule has 0 bridgehead atoms. The molecule has 1 saturated carbocycles. The van der Waals surface area contributed by atoms with E-state index in [2.05, 4.69) is 0 Å². The highest BCUT2D eigenvalue weighted by atomic mass is 16.5. The lowest BCUT2D eigenvalue weighted by molar-refractivity contribution is -0.119. The van der Waals surface area contributed by atoms with E-state index in [0.717, 1.165) is 12.8 Å². The highest BCUT2D eigenvalue weighted by Gasteiger charge is 2.23. The number of primary amides is 1. The topological polar surface area (TPSA) is 81.9 Å². The van der Waals surface area contributed by atoms with Crippen LogP contribution >= 0.6 is 0 Å². The Kier molecular flexibility index (Phi) is 5.84. The van der Waals surface area contributed by atoms with E-state index in [4.69, 9.17) is 15.2 Å². The van der Waals surface area contributed by atoms with Crippen LogP contribution in [0.3, 0.4) is 0 Å². The lowest BCUT2D eigenvalue weighted by Crippen LogP contribution is -2.38. The lowest BCUT2D eigenvalue weighted by Gasteiger charge is -2.31. The third kappa shape index (κ3) is 4.37. The molecule has 1 aliphatic carbocycles. The van der Waals surface area contributed by atoms with Crippen LogP contribution in [0.15, 0.2) is 18.2 Å². The maximum absolute atomic E-state index is 12.6. The molecule has 0 spiro atoms. The zero-order chi connectivity index (χ0) is 16.8. The van der Waals surface area contributed by atoms with Gasteiger partial charge < -0.3 is 20.1 Å². The fourth-order valence-electron chi connectivity index (χ4n) is 2.91. The first-order chi connectivity index (χ1) is 11.0. The smallest absolute Gasteiger partial charge is 0.255 e. The summed E-state index contributed by atoms with van der Waals surface area (Å²) in [7, 11) is 3.34. The minimum atomic E-state index is -0.566. The number of amides is 2. The SMILES string of the molecule is COc1cc(C(=O)N(C)C2CCCCC2)ccc1OCC(N)=O. The van der Waals surface area contributed by atoms with Crippen molar-refractivity contribution in [2.75, 3.05) is 20.8 Å². The number of carbonyl (C=O) groups is 2. The lowest BCUT2D eigenvalue weighted by atomic mass is 9.94. The fourth-order valence-corrected chi connectivity index (χ4v) is 2.91. The predicted molar refractivity (Wildman–Crippen MR) is 86.6 cm³/mol. The minimum absolute atomic E-state index is 0.0309. The molecule has 1 aromatic rings. The maximum atomic E-state index is 12.6. The van der Waals surface area contributed by atoms with Crippen LogP contribution in [0.4, 0.5) is 0 Å². The summed E-state index contributed by atoms with van der Waals surface area (Å²) < 4.78 is 10.5. The molecule has 0 saturated heterocycles. The number of nitrogens with zero attached hydrogens (tertiary/aromatic N) is 1. The second-order valence-electron chi connectivity index (χ2n) is 5.83. The number of methoxy groups -OCH3 is 1. The molecular formula is C17H24N2O4. The van der Waals surface area contributed by atoms with Crippen molar-refractivity contribution in [2.24, 2.45) is 5.73 Å². The van der Waals surface area contributed by atoms with E-state index in [0.29, 0.717) is 23.1 Å². The van der Waals surface area contributed by atoms with Crippen LogP contribution in [0, 0.1) is 0 Å². The molecule has 0 aliphatic heterocycles. The summed E-state index contributed by atoms with van der Waals surface area (Å²) in [5.74, 6) is 0.207. The summed E-state index contributed by atoms with van der Waals surface area (Å²) in [6.07, 6.45) is 5.70. The van der Waals surface area contributed by atoms with Gasteiger partial charge in [0.15, 0.2) is 18.1 Å². The van der Waals surface area contributed by atoms with Crippen LogP contribution in [0.5, 0.6) is 11.5 Å². The van der Waals surface area contributed by atoms with E-state index in [1.54, 1.807) is 18.2 Å². The number of carbonyl (C=O) groups excluding carboxylic acids is 2. The molecule has 0 radical (unpaired) electrons. The minimum Gasteiger partial charge on any atom is -0.493 e. The van der Waals surface area contributed by atoms with Gasteiger partial charge in [-0.1, -0.05) is 19.3 Å². The highest BCUT2D eigenvalue weighted by Crippen LogP contribution is 2.29. The Balaban J connectivity index is 2.12. The van der Waals surface area contributed by atoms with Gasteiger partial charge >= 0.3 is 0 Å². The number of nitrogens with two attached hydrogens (primary N) is 1. The summed E-state index contributed by atoms with van der Waals surface area (Å²) in [5.41, 5.74) is 5.61. The third-order valence-electron chi connectivity index (χ3n) is 4.22. The molecule has 126 valence electrons. The standard InChI is InChI=1S/C17H24N2O4/c1-19(13-6-4-3-5-7-13)17(21)12-8-9-14(15(10-12)22-2)23-11-16(18)20/h8-10,13H,3-7,11H2,1-2H3,(H2,18,20). The van der Waals surface area contributed by atoms with Gasteiger partial charge in [-0.3, -0.25) is 9.59 Å². The van der Waals surface area contributed by atoms with Gasteiger partial charge in [-0.15, -0.1) is 0 Å². The van der Waals surface area contributed by atoms with Crippen molar-refractivity contribution in [3.05, 3.63) is 23.8 Å². The molecule has 2 rings (SSSR count). The average molecular weight is 320 g/mol. The van der Waals surface area contributed by atoms with Gasteiger partial charge in [0.25, 0.3) is 11.8 Å². The Morgan fingerprint density at radius 3 is 2.52 bits per heavy atom. The first kappa shape index (κ1) is 17.1. The summed E-state index contributed by atoms with van der Waals surface area (Å²) >= 11 is 0. The van der Waals surface area contributed by atoms with Crippen molar-refractivity contribution in [1.82, 2.24) is 4.90 Å². The Labute approximate surface area is 136 Å². The van der Waals surface area contributed by atoms with Crippen molar-refractivity contribution in [1.29, 1.82) is 0 Å². The normalized spacial score (nSPS) is 15.0. The van der Waals surface area contributed by atoms with Gasteiger partial charge in [-0.05, 0) is 31.0 Å². The van der Waals surface area contributed by atoms with Crippen LogP contribution < -0.4 is 15.2 Å². The quantitative estimate of drug-likeness (QED) is 0.868. The fraction of sp³-hybridized carbons (Fsp3) is 0.529. The number of hydrogen-bond acceptors (Lipinski definition) is 4. The molecule has 1 aliphatic rings. The van der Waals surface area contributed by atoms with Crippen molar-refractivity contribution in [2.45, 2.75) is 38.1 Å². The molecule has 0 atom stereocenters. The molecule has 2 N–H and O–H groups in total. The first-order valence-corrected chi connectivity index (χ1v) is 7.89. The third-order valence-corrected chi connectivity index (χ3v) is 4.22. The van der Waals surface area contributed by atoms with Crippen LogP contribution in [-0.4, -0.2) is 43.5 Å². The molecule has 23 heavy (non-hydrogen) atoms. The largest absolute Gasteiger partial charge is 0.493 e. The molecule has 1 aromatic carbocycles. The number of ether oxygens (including phenoxy) is 2. The second-order valence-corrected chi connectivity index (χ2v) is 5.83. The number of rotatable bonds is 6. The van der Waals surface area contributed by atoms with Crippen LogP contribution in [0.25, 0.3) is 0 Å². The van der Waals surface area contributed by atoms with E-state index in [-0.39, 0.29) is 12.5 Å². The van der Waals surface area contributed by atoms with Gasteiger partial charge in [0, 0.05) is 18.7 Å². The van der Waals surface area contributed by atoms with E-state index in [1.807, 2.05) is 11.9 Å². The summed E-state index contributed by atoms with van der Waals surface area (Å²) in [6, 6.07) is 5.25. The van der Waals surface area contributed by atoms with Gasteiger partial charge in [0.05, 0.1) is 7.11 Å². The number of benzene rings is 1. The Morgan fingerprint density at radius 1 is 1.22 bits per heavy atom. The monoisotopic (exact) mass is 320 g/mol. The first-order valence-electron chi connectivity index (χ1n) is 7.89. The molecule has 0 heterocycles. The van der Waals surface area contributed by atoms with Crippen LogP contribution in [-0.2, 0) is 4.79 Å². The zero-order valence-electron chi connectivity index (χ0n) is 13.7. The molecule has 0 aromatic heterocycles. The maximum Gasteiger partial charge on any atom is 0.255 e. The van der Waals surface area contributed by atoms with E-state index in [9.17, 15) is 9.59 Å². The second kappa shape index (κ2) is 7.85. The highest BCUT2D eigenvalue weighted by molar-refractivity contribution is 5.95. The van der Waals surface area contributed by atoms with Crippen molar-refractivity contribution in [3.63, 3.8) is 0 Å². The van der Waals surface area contributed by atoms with Crippen molar-refractivity contribution in [3.8, 4) is 11.5 Å². The van der Waals surface area contributed by atoms with Gasteiger partial charge in [0.1, 0.15) is 0 Å². The Bertz CT molecular complexity index is 568. The zero-order valence-corrected chi connectivity index (χ0v) is 13.7. The Hall–Kier alpha value is -2.24. The molecule has 6 nitrogen and oxygen atoms in total. The molecular weight excluding hydrogens is 296 g/mol. The van der Waals surface area contributed by atoms with Crippen molar-refractivity contribution >= 4 is 11.8 Å². The Morgan fingerprint density at radius 2 is 1.91 bits per heavy atom. The molecule has 0 unspecified atom stereocenters. The summed E-state index contributed by atoms with van der Waals surface area (Å²) in [4.78, 5) is 25.3. The predicted octanol–water partition coefficient (Wildman–Crippen LogP) is 1.96. The van der Waals surface area contributed by atoms with E-state index in [1.165, 1.54) is 26.4 Å². The molecule has 2 amide bonds. The molecule has 1 fully saturated rings. The molecule has 6 heteroatoms. The van der Waals surface area contributed by atoms with Gasteiger partial charge in [-0.25, -0.2) is 0 Å². The van der Waals surface area contributed by atoms with Crippen molar-refractivity contribution < 1.29 is 19.1 Å². The van der Waals surface area contributed by atoms with Crippen LogP contribution in [0.1, 0.15) is 42.5 Å². The summed E-state index contributed by atoms with van der Waals surface area (Å²) in [5, 5.41) is 0. The average Bonchev–Trinajstić information content (AvgIpc) is 2.59. The van der Waals surface area contributed by atoms with Gasteiger partial charge in [0.2, 0.25) is 0 Å². The van der Waals surface area contributed by atoms with Crippen LogP contribution in [0.2, 0.25) is 0 Å². The van der Waals surface area contributed by atoms with Gasteiger partial charge in [-0.2, -0.15) is 0 Å². The number of hydrogen-bond donors (Lipinski definition) is 1. The van der Waals surface area contributed by atoms with E-state index < -0.39 is 5.91 Å². The van der Waals surface area contributed by atoms with E-state index >= 15 is 0 Å².